The number of hydrogen-bond acceptors (Lipinski definition) is 5. The Morgan fingerprint density at radius 2 is 2.00 bits per heavy atom. The lowest BCUT2D eigenvalue weighted by Gasteiger charge is -2.14. The molecule has 6 nitrogen and oxygen atoms in total. The molecule has 1 N–H and O–H groups in total. The highest BCUT2D eigenvalue weighted by Crippen LogP contribution is 2.28. The first-order chi connectivity index (χ1) is 13.1. The number of rotatable bonds is 5. The zero-order valence-corrected chi connectivity index (χ0v) is 15.5. The Kier molecular flexibility index (Phi) is 5.01. The number of hydrogen-bond donors (Lipinski definition) is 1. The Hall–Kier alpha value is -2.57. The Bertz CT molecular complexity index is 824. The van der Waals surface area contributed by atoms with Crippen LogP contribution in [-0.4, -0.2) is 30.1 Å². The summed E-state index contributed by atoms with van der Waals surface area (Å²) in [6.07, 6.45) is 6.44. The molecule has 0 radical (unpaired) electrons. The monoisotopic (exact) mass is 373 g/mol. The zero-order chi connectivity index (χ0) is 18.8. The molecule has 2 aromatic rings. The van der Waals surface area contributed by atoms with E-state index >= 15 is 0 Å². The van der Waals surface area contributed by atoms with Gasteiger partial charge in [-0.25, -0.2) is 4.39 Å². The summed E-state index contributed by atoms with van der Waals surface area (Å²) in [5, 5.41) is 2.69. The molecule has 1 saturated heterocycles. The van der Waals surface area contributed by atoms with Gasteiger partial charge in [-0.2, -0.15) is 4.98 Å². The third kappa shape index (κ3) is 3.91. The molecule has 144 valence electrons. The summed E-state index contributed by atoms with van der Waals surface area (Å²) in [4.78, 5) is 18.9. The van der Waals surface area contributed by atoms with Gasteiger partial charge in [-0.1, -0.05) is 0 Å². The lowest BCUT2D eigenvalue weighted by atomic mass is 10.2. The van der Waals surface area contributed by atoms with Crippen LogP contribution in [-0.2, 0) is 0 Å². The van der Waals surface area contributed by atoms with Crippen LogP contribution in [0.3, 0.4) is 0 Å². The van der Waals surface area contributed by atoms with E-state index in [0.717, 1.165) is 51.6 Å². The highest BCUT2D eigenvalue weighted by molar-refractivity contribution is 6.03. The summed E-state index contributed by atoms with van der Waals surface area (Å²) < 4.78 is 25.7. The van der Waals surface area contributed by atoms with Gasteiger partial charge in [0.15, 0.2) is 17.3 Å². The largest absolute Gasteiger partial charge is 0.487 e. The lowest BCUT2D eigenvalue weighted by Crippen LogP contribution is -2.19. The van der Waals surface area contributed by atoms with E-state index in [1.807, 2.05) is 4.90 Å². The van der Waals surface area contributed by atoms with Gasteiger partial charge >= 0.3 is 0 Å². The summed E-state index contributed by atoms with van der Waals surface area (Å²) in [7, 11) is 0. The average Bonchev–Trinajstić information content (AvgIpc) is 3.38. The van der Waals surface area contributed by atoms with Gasteiger partial charge in [-0.15, -0.1) is 0 Å². The summed E-state index contributed by atoms with van der Waals surface area (Å²) in [6.45, 7) is 3.48. The minimum atomic E-state index is -0.477. The normalized spacial score (nSPS) is 17.5. The molecule has 1 amide bonds. The molecule has 0 unspecified atom stereocenters. The van der Waals surface area contributed by atoms with Crippen LogP contribution in [0.15, 0.2) is 22.6 Å². The highest BCUT2D eigenvalue weighted by Gasteiger charge is 2.23. The fourth-order valence-electron chi connectivity index (χ4n) is 3.69. The molecular weight excluding hydrogens is 349 g/mol. The van der Waals surface area contributed by atoms with Gasteiger partial charge in [0.2, 0.25) is 0 Å². The molecule has 1 saturated carbocycles. The van der Waals surface area contributed by atoms with Crippen molar-refractivity contribution in [3.05, 3.63) is 35.5 Å². The van der Waals surface area contributed by atoms with Crippen LogP contribution in [0.2, 0.25) is 0 Å². The van der Waals surface area contributed by atoms with Gasteiger partial charge in [-0.3, -0.25) is 4.79 Å². The Morgan fingerprint density at radius 1 is 1.26 bits per heavy atom. The number of oxazole rings is 1. The SMILES string of the molecule is Cc1oc(N2CCCC2)nc1C(=O)Nc1ccc(OC2CCCC2)c(F)c1. The third-order valence-corrected chi connectivity index (χ3v) is 5.16. The predicted octanol–water partition coefficient (Wildman–Crippen LogP) is 4.30. The van der Waals surface area contributed by atoms with Crippen molar-refractivity contribution in [2.24, 2.45) is 0 Å². The van der Waals surface area contributed by atoms with Gasteiger partial charge in [0, 0.05) is 24.8 Å². The maximum absolute atomic E-state index is 14.3. The summed E-state index contributed by atoms with van der Waals surface area (Å²) >= 11 is 0. The molecule has 0 bridgehead atoms. The minimum absolute atomic E-state index is 0.0849. The number of anilines is 2. The molecule has 1 aliphatic heterocycles. The molecule has 0 atom stereocenters. The van der Waals surface area contributed by atoms with Crippen LogP contribution >= 0.6 is 0 Å². The highest BCUT2D eigenvalue weighted by atomic mass is 19.1. The second kappa shape index (κ2) is 7.58. The number of carbonyl (C=O) groups excluding carboxylic acids is 1. The Morgan fingerprint density at radius 3 is 2.70 bits per heavy atom. The molecule has 2 heterocycles. The van der Waals surface area contributed by atoms with Crippen LogP contribution in [0, 0.1) is 12.7 Å². The third-order valence-electron chi connectivity index (χ3n) is 5.16. The van der Waals surface area contributed by atoms with E-state index in [-0.39, 0.29) is 17.5 Å². The number of aryl methyl sites for hydroxylation is 1. The van der Waals surface area contributed by atoms with Crippen LogP contribution in [0.1, 0.15) is 54.8 Å². The van der Waals surface area contributed by atoms with Gasteiger partial charge in [0.05, 0.1) is 6.10 Å². The Labute approximate surface area is 157 Å². The second-order valence-corrected chi connectivity index (χ2v) is 7.22. The van der Waals surface area contributed by atoms with E-state index in [1.54, 1.807) is 19.1 Å². The van der Waals surface area contributed by atoms with Crippen molar-refractivity contribution in [3.63, 3.8) is 0 Å². The quantitative estimate of drug-likeness (QED) is 0.846. The first-order valence-electron chi connectivity index (χ1n) is 9.60. The molecule has 4 rings (SSSR count). The van der Waals surface area contributed by atoms with Gasteiger partial charge in [0.1, 0.15) is 5.76 Å². The summed E-state index contributed by atoms with van der Waals surface area (Å²) in [5.74, 6) is -0.204. The Balaban J connectivity index is 1.44. The average molecular weight is 373 g/mol. The van der Waals surface area contributed by atoms with Crippen molar-refractivity contribution in [1.29, 1.82) is 0 Å². The standard InChI is InChI=1S/C20H24FN3O3/c1-13-18(23-20(26-13)24-10-4-5-11-24)19(25)22-14-8-9-17(16(21)12-14)27-15-6-2-3-7-15/h8-9,12,15H,2-7,10-11H2,1H3,(H,22,25). The molecule has 1 aliphatic carbocycles. The predicted molar refractivity (Wildman–Crippen MR) is 99.9 cm³/mol. The first kappa shape index (κ1) is 17.8. The van der Waals surface area contributed by atoms with Crippen molar-refractivity contribution >= 4 is 17.6 Å². The number of ether oxygens (including phenoxy) is 1. The summed E-state index contributed by atoms with van der Waals surface area (Å²) in [5.41, 5.74) is 0.588. The molecule has 2 fully saturated rings. The van der Waals surface area contributed by atoms with Crippen LogP contribution < -0.4 is 15.0 Å². The van der Waals surface area contributed by atoms with Crippen molar-refractivity contribution in [1.82, 2.24) is 4.98 Å². The number of benzene rings is 1. The van der Waals surface area contributed by atoms with Gasteiger partial charge in [0.25, 0.3) is 11.9 Å². The van der Waals surface area contributed by atoms with E-state index < -0.39 is 11.7 Å². The molecule has 27 heavy (non-hydrogen) atoms. The van der Waals surface area contributed by atoms with E-state index in [0.29, 0.717) is 17.5 Å². The van der Waals surface area contributed by atoms with Crippen LogP contribution in [0.5, 0.6) is 5.75 Å². The van der Waals surface area contributed by atoms with Gasteiger partial charge in [-0.05, 0) is 57.6 Å². The maximum atomic E-state index is 14.3. The zero-order valence-electron chi connectivity index (χ0n) is 15.5. The smallest absolute Gasteiger partial charge is 0.298 e. The molecule has 1 aromatic carbocycles. The molecule has 1 aromatic heterocycles. The van der Waals surface area contributed by atoms with E-state index in [4.69, 9.17) is 9.15 Å². The van der Waals surface area contributed by atoms with Crippen molar-refractivity contribution in [2.75, 3.05) is 23.3 Å². The number of amides is 1. The first-order valence-corrected chi connectivity index (χ1v) is 9.60. The van der Waals surface area contributed by atoms with Crippen LogP contribution in [0.4, 0.5) is 16.1 Å². The summed E-state index contributed by atoms with van der Waals surface area (Å²) in [6, 6.07) is 4.96. The molecular formula is C20H24FN3O3. The number of nitrogens with one attached hydrogen (secondary N) is 1. The second-order valence-electron chi connectivity index (χ2n) is 7.22. The van der Waals surface area contributed by atoms with Gasteiger partial charge < -0.3 is 19.4 Å². The number of carbonyl (C=O) groups is 1. The number of aromatic nitrogens is 1. The van der Waals surface area contributed by atoms with Crippen molar-refractivity contribution < 1.29 is 18.3 Å². The van der Waals surface area contributed by atoms with Crippen molar-refractivity contribution in [2.45, 2.75) is 51.6 Å². The van der Waals surface area contributed by atoms with E-state index in [1.165, 1.54) is 6.07 Å². The molecule has 0 spiro atoms. The van der Waals surface area contributed by atoms with Crippen LogP contribution in [0.25, 0.3) is 0 Å². The number of halogens is 1. The fourth-order valence-corrected chi connectivity index (χ4v) is 3.69. The number of nitrogens with zero attached hydrogens (tertiary/aromatic N) is 2. The van der Waals surface area contributed by atoms with E-state index in [9.17, 15) is 9.18 Å². The fraction of sp³-hybridized carbons (Fsp3) is 0.500. The van der Waals surface area contributed by atoms with Crippen molar-refractivity contribution in [3.8, 4) is 5.75 Å². The van der Waals surface area contributed by atoms with E-state index in [2.05, 4.69) is 10.3 Å². The topological polar surface area (TPSA) is 67.6 Å². The molecule has 7 heteroatoms. The lowest BCUT2D eigenvalue weighted by molar-refractivity contribution is 0.102. The maximum Gasteiger partial charge on any atom is 0.298 e. The molecule has 2 aliphatic rings. The minimum Gasteiger partial charge on any atom is -0.487 e.